The largest absolute Gasteiger partial charge is 0.780 e. The summed E-state index contributed by atoms with van der Waals surface area (Å²) in [5.74, 6) is 0. The third kappa shape index (κ3) is 7.14. The summed E-state index contributed by atoms with van der Waals surface area (Å²) >= 11 is 4.42. The Kier molecular flexibility index (Phi) is 8.70. The quantitative estimate of drug-likeness (QED) is 0.215. The van der Waals surface area contributed by atoms with E-state index in [0.29, 0.717) is 0 Å². The summed E-state index contributed by atoms with van der Waals surface area (Å²) in [6.07, 6.45) is -4.55. The Labute approximate surface area is 176 Å². The molecule has 13 nitrogen and oxygen atoms in total. The predicted octanol–water partition coefficient (Wildman–Crippen LogP) is -1.70. The molecule has 1 fully saturated rings. The van der Waals surface area contributed by atoms with E-state index in [1.165, 1.54) is 20.2 Å². The second kappa shape index (κ2) is 10.2. The van der Waals surface area contributed by atoms with Crippen LogP contribution >= 0.6 is 14.3 Å². The molecule has 4 N–H and O–H groups in total. The highest BCUT2D eigenvalue weighted by atomic mass is 32.5. The van der Waals surface area contributed by atoms with Gasteiger partial charge in [-0.2, -0.15) is 0 Å². The normalized spacial score (nSPS) is 26.6. The number of hydrogen-bond acceptors (Lipinski definition) is 9. The van der Waals surface area contributed by atoms with Gasteiger partial charge in [0.25, 0.3) is 5.56 Å². The van der Waals surface area contributed by atoms with Crippen LogP contribution in [0.1, 0.15) is 18.2 Å². The summed E-state index contributed by atoms with van der Waals surface area (Å²) < 4.78 is 33.7. The third-order valence-electron chi connectivity index (χ3n) is 4.26. The zero-order valence-electron chi connectivity index (χ0n) is 16.1. The van der Waals surface area contributed by atoms with Crippen molar-refractivity contribution >= 4 is 26.1 Å². The number of methoxy groups -OCH3 is 1. The number of hydrogen-bond donors (Lipinski definition) is 4. The average molecular weight is 489 g/mol. The van der Waals surface area contributed by atoms with Gasteiger partial charge in [0.05, 0.1) is 25.5 Å². The fourth-order valence-electron chi connectivity index (χ4n) is 2.96. The summed E-state index contributed by atoms with van der Waals surface area (Å²) in [5, 5.41) is 0. The van der Waals surface area contributed by atoms with Gasteiger partial charge in [0.1, 0.15) is 18.9 Å². The van der Waals surface area contributed by atoms with Crippen LogP contribution in [0, 0.1) is 6.92 Å². The van der Waals surface area contributed by atoms with Crippen molar-refractivity contribution in [2.24, 2.45) is 0 Å². The highest BCUT2D eigenvalue weighted by Gasteiger charge is 2.48. The van der Waals surface area contributed by atoms with E-state index in [1.807, 2.05) is 0 Å². The molecule has 0 saturated carbocycles. The number of aryl methyl sites for hydroxylation is 1. The molecule has 30 heavy (non-hydrogen) atoms. The molecule has 172 valence electrons. The van der Waals surface area contributed by atoms with Gasteiger partial charge < -0.3 is 38.3 Å². The van der Waals surface area contributed by atoms with E-state index < -0.39 is 56.3 Å². The molecule has 0 aromatic carbocycles. The average Bonchev–Trinajstić information content (AvgIpc) is 2.92. The van der Waals surface area contributed by atoms with Gasteiger partial charge in [0, 0.05) is 18.9 Å². The molecule has 0 spiro atoms. The minimum atomic E-state index is -4.49. The molecule has 1 saturated heterocycles. The zero-order valence-corrected chi connectivity index (χ0v) is 18.7. The summed E-state index contributed by atoms with van der Waals surface area (Å²) in [4.78, 5) is 65.8. The molecular formula is C14H23N2O11P2S-. The molecule has 0 radical (unpaired) electrons. The highest BCUT2D eigenvalue weighted by Crippen LogP contribution is 2.45. The molecule has 0 amide bonds. The third-order valence-corrected chi connectivity index (χ3v) is 5.87. The van der Waals surface area contributed by atoms with Crippen LogP contribution in [0.15, 0.2) is 15.8 Å². The second-order valence-electron chi connectivity index (χ2n) is 6.59. The second-order valence-corrected chi connectivity index (χ2v) is 10.9. The summed E-state index contributed by atoms with van der Waals surface area (Å²) in [6, 6.07) is 0. The van der Waals surface area contributed by atoms with Gasteiger partial charge in [0.2, 0.25) is 0 Å². The van der Waals surface area contributed by atoms with E-state index in [1.54, 1.807) is 0 Å². The summed E-state index contributed by atoms with van der Waals surface area (Å²) in [5.41, 5.74) is -1.26. The number of aromatic nitrogens is 2. The van der Waals surface area contributed by atoms with E-state index in [4.69, 9.17) is 18.7 Å². The van der Waals surface area contributed by atoms with Crippen LogP contribution in [-0.2, 0) is 35.1 Å². The molecule has 0 aliphatic carbocycles. The maximum absolute atomic E-state index is 12.3. The van der Waals surface area contributed by atoms with Gasteiger partial charge in [-0.1, -0.05) is 11.8 Å². The molecule has 1 aliphatic rings. The van der Waals surface area contributed by atoms with Gasteiger partial charge >= 0.3 is 13.3 Å². The monoisotopic (exact) mass is 489 g/mol. The molecule has 1 aromatic rings. The fraction of sp³-hybridized carbons (Fsp3) is 0.714. The number of aromatic amines is 1. The fourth-order valence-corrected chi connectivity index (χ4v) is 4.41. The number of H-pyrrole nitrogens is 1. The standard InChI is InChI=1S/C14H24N2O11P2S/c1-8-7-16(14(18)15-12(8)17)13-11(25-5-4-24-2)10(27-29(22,23)30)9(26-13)3-6-28(19,20)21/h7,9-11,13H,3-6H2,1-2H3,(H,15,17,18)(H2,19,20,21)(H2,22,23,30)/p-1. The predicted molar refractivity (Wildman–Crippen MR) is 104 cm³/mol. The van der Waals surface area contributed by atoms with Crippen LogP contribution in [0.5, 0.6) is 0 Å². The Hall–Kier alpha value is -0.760. The first kappa shape index (κ1) is 25.5. The van der Waals surface area contributed by atoms with Crippen molar-refractivity contribution in [3.63, 3.8) is 0 Å². The topological polar surface area (TPSA) is 193 Å². The Morgan fingerprint density at radius 3 is 2.53 bits per heavy atom. The van der Waals surface area contributed by atoms with Gasteiger partial charge in [-0.15, -0.1) is 0 Å². The van der Waals surface area contributed by atoms with Crippen LogP contribution in [0.25, 0.3) is 0 Å². The van der Waals surface area contributed by atoms with Crippen LogP contribution < -0.4 is 16.1 Å². The number of nitrogens with zero attached hydrogens (tertiary/aromatic N) is 1. The maximum atomic E-state index is 12.3. The molecule has 16 heteroatoms. The van der Waals surface area contributed by atoms with E-state index in [9.17, 15) is 33.7 Å². The molecular weight excluding hydrogens is 466 g/mol. The number of nitrogens with one attached hydrogen (secondary N) is 1. The van der Waals surface area contributed by atoms with Crippen molar-refractivity contribution in [2.45, 2.75) is 37.9 Å². The number of ether oxygens (including phenoxy) is 3. The van der Waals surface area contributed by atoms with E-state index in [0.717, 1.165) is 4.57 Å². The molecule has 1 aromatic heterocycles. The smallest absolute Gasteiger partial charge is 0.330 e. The highest BCUT2D eigenvalue weighted by molar-refractivity contribution is 8.06. The van der Waals surface area contributed by atoms with Crippen molar-refractivity contribution in [3.8, 4) is 0 Å². The van der Waals surface area contributed by atoms with Crippen molar-refractivity contribution in [3.05, 3.63) is 32.6 Å². The van der Waals surface area contributed by atoms with Gasteiger partial charge in [-0.3, -0.25) is 18.9 Å². The molecule has 2 rings (SSSR count). The van der Waals surface area contributed by atoms with Gasteiger partial charge in [0.15, 0.2) is 6.23 Å². The molecule has 0 bridgehead atoms. The van der Waals surface area contributed by atoms with Crippen molar-refractivity contribution < 1.29 is 42.9 Å². The van der Waals surface area contributed by atoms with Gasteiger partial charge in [-0.05, 0) is 13.3 Å². The van der Waals surface area contributed by atoms with Crippen LogP contribution in [0.4, 0.5) is 0 Å². The van der Waals surface area contributed by atoms with E-state index >= 15 is 0 Å². The first-order valence-corrected chi connectivity index (χ1v) is 13.1. The Morgan fingerprint density at radius 2 is 1.97 bits per heavy atom. The SMILES string of the molecule is COCCOC1C(OP([O-])(O)=S)C(CCP(=O)(O)O)OC1n1cc(C)c(=O)[nH]c1=O. The molecule has 1 aliphatic heterocycles. The first-order chi connectivity index (χ1) is 13.8. The first-order valence-electron chi connectivity index (χ1n) is 8.67. The molecule has 5 unspecified atom stereocenters. The van der Waals surface area contributed by atoms with E-state index in [2.05, 4.69) is 16.8 Å². The van der Waals surface area contributed by atoms with Crippen LogP contribution in [0.2, 0.25) is 0 Å². The molecule has 5 atom stereocenters. The minimum absolute atomic E-state index is 0.0175. The maximum Gasteiger partial charge on any atom is 0.330 e. The van der Waals surface area contributed by atoms with Crippen LogP contribution in [-0.4, -0.2) is 69.0 Å². The Balaban J connectivity index is 2.45. The molecule has 2 heterocycles. The lowest BCUT2D eigenvalue weighted by atomic mass is 10.1. The minimum Gasteiger partial charge on any atom is -0.780 e. The van der Waals surface area contributed by atoms with Crippen molar-refractivity contribution in [1.82, 2.24) is 9.55 Å². The zero-order chi connectivity index (χ0) is 22.7. The van der Waals surface area contributed by atoms with Crippen molar-refractivity contribution in [1.29, 1.82) is 0 Å². The number of rotatable bonds is 10. The van der Waals surface area contributed by atoms with Crippen LogP contribution in [0.3, 0.4) is 0 Å². The lowest BCUT2D eigenvalue weighted by Crippen LogP contribution is -2.41. The summed E-state index contributed by atoms with van der Waals surface area (Å²) in [7, 11) is -3.01. The lowest BCUT2D eigenvalue weighted by Gasteiger charge is -2.31. The van der Waals surface area contributed by atoms with Gasteiger partial charge in [-0.25, -0.2) is 4.79 Å². The Bertz CT molecular complexity index is 939. The van der Waals surface area contributed by atoms with Crippen molar-refractivity contribution in [2.75, 3.05) is 26.5 Å². The summed E-state index contributed by atoms with van der Waals surface area (Å²) in [6.45, 7) is -2.92. The Morgan fingerprint density at radius 1 is 1.30 bits per heavy atom. The lowest BCUT2D eigenvalue weighted by molar-refractivity contribution is -0.210. The van der Waals surface area contributed by atoms with E-state index in [-0.39, 0.29) is 25.2 Å².